The fourth-order valence-electron chi connectivity index (χ4n) is 2.60. The van der Waals surface area contributed by atoms with Crippen LogP contribution in [0, 0.1) is 6.92 Å². The zero-order chi connectivity index (χ0) is 14.7. The second kappa shape index (κ2) is 6.04. The molecule has 110 valence electrons. The first-order chi connectivity index (χ1) is 9.49. The average Bonchev–Trinajstić information content (AvgIpc) is 2.75. The van der Waals surface area contributed by atoms with Gasteiger partial charge in [-0.1, -0.05) is 0 Å². The number of nitrogens with two attached hydrogens (primary N) is 1. The number of hydrogen-bond donors (Lipinski definition) is 2. The molecule has 2 heterocycles. The van der Waals surface area contributed by atoms with Crippen LogP contribution in [0.15, 0.2) is 6.20 Å². The van der Waals surface area contributed by atoms with E-state index in [0.29, 0.717) is 17.8 Å². The summed E-state index contributed by atoms with van der Waals surface area (Å²) in [5.41, 5.74) is 6.47. The van der Waals surface area contributed by atoms with Crippen molar-refractivity contribution in [2.45, 2.75) is 25.8 Å². The Morgan fingerprint density at radius 1 is 1.60 bits per heavy atom. The molecule has 3 N–H and O–H groups in total. The molecule has 20 heavy (non-hydrogen) atoms. The lowest BCUT2D eigenvalue weighted by Crippen LogP contribution is -2.51. The molecule has 2 amide bonds. The average molecular weight is 279 g/mol. The molecule has 0 spiro atoms. The summed E-state index contributed by atoms with van der Waals surface area (Å²) in [6.07, 6.45) is 3.55. The molecule has 0 bridgehead atoms. The highest BCUT2D eigenvalue weighted by molar-refractivity contribution is 5.97. The Kier molecular flexibility index (Phi) is 4.39. The zero-order valence-electron chi connectivity index (χ0n) is 11.9. The number of nitrogens with zero attached hydrogens (tertiary/aromatic N) is 3. The molecule has 0 saturated carbocycles. The predicted molar refractivity (Wildman–Crippen MR) is 74.1 cm³/mol. The summed E-state index contributed by atoms with van der Waals surface area (Å²) in [6, 6.07) is 0.00311. The SMILES string of the molecule is Cc1nn(C)cc1C(=O)N(CC(N)=O)C1CCCNC1. The largest absolute Gasteiger partial charge is 0.368 e. The number of carbonyl (C=O) groups is 2. The second-order valence-electron chi connectivity index (χ2n) is 5.20. The molecule has 1 atom stereocenters. The summed E-state index contributed by atoms with van der Waals surface area (Å²) >= 11 is 0. The van der Waals surface area contributed by atoms with Crippen LogP contribution in [0.1, 0.15) is 28.9 Å². The Bertz CT molecular complexity index is 505. The van der Waals surface area contributed by atoms with Crippen molar-refractivity contribution in [1.82, 2.24) is 20.0 Å². The quantitative estimate of drug-likeness (QED) is 0.770. The highest BCUT2D eigenvalue weighted by Gasteiger charge is 2.29. The molecule has 0 aromatic carbocycles. The van der Waals surface area contributed by atoms with Crippen LogP contribution in [0.3, 0.4) is 0 Å². The Hall–Kier alpha value is -1.89. The fraction of sp³-hybridized carbons (Fsp3) is 0.615. The van der Waals surface area contributed by atoms with Gasteiger partial charge in [0.1, 0.15) is 0 Å². The van der Waals surface area contributed by atoms with E-state index in [9.17, 15) is 9.59 Å². The summed E-state index contributed by atoms with van der Waals surface area (Å²) in [5, 5.41) is 7.42. The molecule has 1 aromatic heterocycles. The maximum Gasteiger partial charge on any atom is 0.258 e. The number of primary amides is 1. The van der Waals surface area contributed by atoms with Crippen LogP contribution < -0.4 is 11.1 Å². The normalized spacial score (nSPS) is 18.8. The van der Waals surface area contributed by atoms with Gasteiger partial charge in [-0.25, -0.2) is 0 Å². The Balaban J connectivity index is 2.23. The molecule has 2 rings (SSSR count). The van der Waals surface area contributed by atoms with Crippen molar-refractivity contribution in [3.63, 3.8) is 0 Å². The third-order valence-corrected chi connectivity index (χ3v) is 3.54. The van der Waals surface area contributed by atoms with Crippen molar-refractivity contribution in [3.8, 4) is 0 Å². The minimum Gasteiger partial charge on any atom is -0.368 e. The molecular formula is C13H21N5O2. The van der Waals surface area contributed by atoms with Crippen LogP contribution in [0.5, 0.6) is 0 Å². The third kappa shape index (κ3) is 3.16. The van der Waals surface area contributed by atoms with E-state index in [1.165, 1.54) is 0 Å². The highest BCUT2D eigenvalue weighted by atomic mass is 16.2. The van der Waals surface area contributed by atoms with E-state index in [1.807, 2.05) is 0 Å². The number of amides is 2. The van der Waals surface area contributed by atoms with Crippen LogP contribution in [0.4, 0.5) is 0 Å². The van der Waals surface area contributed by atoms with Crippen LogP contribution in [-0.2, 0) is 11.8 Å². The maximum absolute atomic E-state index is 12.7. The molecule has 7 nitrogen and oxygen atoms in total. The molecule has 1 unspecified atom stereocenters. The number of rotatable bonds is 4. The molecule has 1 fully saturated rings. The molecule has 1 saturated heterocycles. The minimum absolute atomic E-state index is 0.00311. The third-order valence-electron chi connectivity index (χ3n) is 3.54. The van der Waals surface area contributed by atoms with E-state index in [1.54, 1.807) is 29.7 Å². The minimum atomic E-state index is -0.495. The predicted octanol–water partition coefficient (Wildman–Crippen LogP) is -0.592. The van der Waals surface area contributed by atoms with Crippen molar-refractivity contribution < 1.29 is 9.59 Å². The van der Waals surface area contributed by atoms with Gasteiger partial charge in [-0.3, -0.25) is 14.3 Å². The summed E-state index contributed by atoms with van der Waals surface area (Å²) in [5.74, 6) is -0.673. The van der Waals surface area contributed by atoms with Gasteiger partial charge < -0.3 is 16.0 Å². The van der Waals surface area contributed by atoms with Crippen molar-refractivity contribution in [2.24, 2.45) is 12.8 Å². The van der Waals surface area contributed by atoms with Gasteiger partial charge in [0.25, 0.3) is 5.91 Å². The van der Waals surface area contributed by atoms with E-state index in [2.05, 4.69) is 10.4 Å². The molecule has 1 aromatic rings. The van der Waals surface area contributed by atoms with Gasteiger partial charge in [-0.15, -0.1) is 0 Å². The Morgan fingerprint density at radius 3 is 2.85 bits per heavy atom. The van der Waals surface area contributed by atoms with Crippen molar-refractivity contribution >= 4 is 11.8 Å². The number of hydrogen-bond acceptors (Lipinski definition) is 4. The molecular weight excluding hydrogens is 258 g/mol. The standard InChI is InChI=1S/C13H21N5O2/c1-9-11(7-17(2)16-9)13(20)18(8-12(14)19)10-4-3-5-15-6-10/h7,10,15H,3-6,8H2,1-2H3,(H2,14,19). The lowest BCUT2D eigenvalue weighted by atomic mass is 10.0. The molecule has 1 aliphatic rings. The topological polar surface area (TPSA) is 93.2 Å². The monoisotopic (exact) mass is 279 g/mol. The number of carbonyl (C=O) groups excluding carboxylic acids is 2. The highest BCUT2D eigenvalue weighted by Crippen LogP contribution is 2.16. The van der Waals surface area contributed by atoms with E-state index < -0.39 is 5.91 Å². The second-order valence-corrected chi connectivity index (χ2v) is 5.20. The Labute approximate surface area is 118 Å². The summed E-state index contributed by atoms with van der Waals surface area (Å²) in [7, 11) is 1.77. The summed E-state index contributed by atoms with van der Waals surface area (Å²) < 4.78 is 1.60. The first-order valence-corrected chi connectivity index (χ1v) is 6.79. The summed E-state index contributed by atoms with van der Waals surface area (Å²) in [4.78, 5) is 25.5. The molecule has 0 aliphatic carbocycles. The lowest BCUT2D eigenvalue weighted by Gasteiger charge is -2.33. The molecule has 7 heteroatoms. The molecule has 0 radical (unpaired) electrons. The first-order valence-electron chi connectivity index (χ1n) is 6.79. The Morgan fingerprint density at radius 2 is 2.35 bits per heavy atom. The van der Waals surface area contributed by atoms with Crippen molar-refractivity contribution in [1.29, 1.82) is 0 Å². The van der Waals surface area contributed by atoms with Gasteiger partial charge in [0, 0.05) is 25.8 Å². The van der Waals surface area contributed by atoms with Crippen molar-refractivity contribution in [2.75, 3.05) is 19.6 Å². The zero-order valence-corrected chi connectivity index (χ0v) is 11.9. The van der Waals surface area contributed by atoms with E-state index in [4.69, 9.17) is 5.73 Å². The van der Waals surface area contributed by atoms with Crippen LogP contribution in [0.2, 0.25) is 0 Å². The smallest absolute Gasteiger partial charge is 0.258 e. The van der Waals surface area contributed by atoms with E-state index in [0.717, 1.165) is 19.4 Å². The maximum atomic E-state index is 12.7. The van der Waals surface area contributed by atoms with Crippen molar-refractivity contribution in [3.05, 3.63) is 17.5 Å². The van der Waals surface area contributed by atoms with Gasteiger partial charge in [0.15, 0.2) is 0 Å². The van der Waals surface area contributed by atoms with Crippen LogP contribution in [-0.4, -0.2) is 52.2 Å². The van der Waals surface area contributed by atoms with Gasteiger partial charge >= 0.3 is 0 Å². The number of nitrogens with one attached hydrogen (secondary N) is 1. The van der Waals surface area contributed by atoms with Gasteiger partial charge in [0.2, 0.25) is 5.91 Å². The van der Waals surface area contributed by atoms with Crippen LogP contribution >= 0.6 is 0 Å². The summed E-state index contributed by atoms with van der Waals surface area (Å²) in [6.45, 7) is 3.37. The van der Waals surface area contributed by atoms with Gasteiger partial charge in [0.05, 0.1) is 17.8 Å². The van der Waals surface area contributed by atoms with E-state index >= 15 is 0 Å². The van der Waals surface area contributed by atoms with Gasteiger partial charge in [-0.2, -0.15) is 5.10 Å². The lowest BCUT2D eigenvalue weighted by molar-refractivity contribution is -0.119. The number of aryl methyl sites for hydroxylation is 2. The fourth-order valence-corrected chi connectivity index (χ4v) is 2.60. The van der Waals surface area contributed by atoms with Crippen LogP contribution in [0.25, 0.3) is 0 Å². The molecule has 1 aliphatic heterocycles. The first kappa shape index (κ1) is 14.5. The van der Waals surface area contributed by atoms with E-state index in [-0.39, 0.29) is 18.5 Å². The number of aromatic nitrogens is 2. The van der Waals surface area contributed by atoms with Gasteiger partial charge in [-0.05, 0) is 26.3 Å². The number of piperidine rings is 1.